The number of ether oxygens (including phenoxy) is 1. The summed E-state index contributed by atoms with van der Waals surface area (Å²) in [7, 11) is 0. The summed E-state index contributed by atoms with van der Waals surface area (Å²) in [6, 6.07) is 1.47. The molecule has 0 atom stereocenters. The van der Waals surface area contributed by atoms with Crippen LogP contribution in [0.1, 0.15) is 17.3 Å². The topological polar surface area (TPSA) is 62.3 Å². The molecule has 0 aliphatic carbocycles. The zero-order valence-corrected chi connectivity index (χ0v) is 6.13. The Labute approximate surface area is 63.8 Å². The molecule has 1 aromatic heterocycles. The lowest BCUT2D eigenvalue weighted by Crippen LogP contribution is -2.03. The predicted molar refractivity (Wildman–Crippen MR) is 38.4 cm³/mol. The number of aromatic nitrogens is 1. The Bertz CT molecular complexity index is 254. The number of esters is 1. The van der Waals surface area contributed by atoms with Crippen molar-refractivity contribution in [1.29, 1.82) is 0 Å². The highest BCUT2D eigenvalue weighted by atomic mass is 16.5. The fourth-order valence-electron chi connectivity index (χ4n) is 0.734. The van der Waals surface area contributed by atoms with Crippen LogP contribution < -0.4 is 0 Å². The zero-order valence-electron chi connectivity index (χ0n) is 6.13. The number of carbonyl (C=O) groups excluding carboxylic acids is 1. The van der Waals surface area contributed by atoms with E-state index in [4.69, 9.17) is 5.11 Å². The molecule has 0 unspecified atom stereocenters. The van der Waals surface area contributed by atoms with Crippen LogP contribution in [-0.4, -0.2) is 22.7 Å². The second-order valence-electron chi connectivity index (χ2n) is 1.96. The molecule has 0 aromatic carbocycles. The first kappa shape index (κ1) is 7.65. The van der Waals surface area contributed by atoms with E-state index in [1.165, 1.54) is 12.3 Å². The molecular weight excluding hydrogens is 146 g/mol. The number of rotatable bonds is 2. The van der Waals surface area contributed by atoms with Crippen molar-refractivity contribution in [3.63, 3.8) is 0 Å². The van der Waals surface area contributed by atoms with E-state index < -0.39 is 5.97 Å². The van der Waals surface area contributed by atoms with Gasteiger partial charge >= 0.3 is 5.97 Å². The van der Waals surface area contributed by atoms with Gasteiger partial charge in [0.1, 0.15) is 5.56 Å². The van der Waals surface area contributed by atoms with E-state index in [1.807, 2.05) is 0 Å². The van der Waals surface area contributed by atoms with Crippen molar-refractivity contribution in [3.8, 4) is 5.88 Å². The van der Waals surface area contributed by atoms with Crippen molar-refractivity contribution in [2.75, 3.05) is 6.61 Å². The molecule has 1 rings (SSSR count). The van der Waals surface area contributed by atoms with Crippen LogP contribution in [0.15, 0.2) is 12.3 Å². The Kier molecular flexibility index (Phi) is 2.15. The SMILES string of the molecule is CCOC(=O)c1cc[nH]c1O. The lowest BCUT2D eigenvalue weighted by atomic mass is 10.3. The lowest BCUT2D eigenvalue weighted by molar-refractivity contribution is 0.0523. The number of nitrogens with one attached hydrogen (secondary N) is 1. The molecule has 0 bridgehead atoms. The number of carbonyl (C=O) groups is 1. The van der Waals surface area contributed by atoms with Crippen LogP contribution in [0, 0.1) is 0 Å². The molecule has 0 saturated heterocycles. The van der Waals surface area contributed by atoms with E-state index >= 15 is 0 Å². The van der Waals surface area contributed by atoms with Gasteiger partial charge in [-0.3, -0.25) is 0 Å². The molecule has 2 N–H and O–H groups in total. The average Bonchev–Trinajstić information content (AvgIpc) is 2.36. The van der Waals surface area contributed by atoms with Crippen LogP contribution in [0.5, 0.6) is 5.88 Å². The van der Waals surface area contributed by atoms with Gasteiger partial charge in [-0.2, -0.15) is 0 Å². The molecule has 0 aliphatic rings. The molecule has 60 valence electrons. The van der Waals surface area contributed by atoms with Crippen LogP contribution >= 0.6 is 0 Å². The smallest absolute Gasteiger partial charge is 0.343 e. The minimum atomic E-state index is -0.508. The Balaban J connectivity index is 2.76. The van der Waals surface area contributed by atoms with Gasteiger partial charge in [0.05, 0.1) is 6.61 Å². The first-order chi connectivity index (χ1) is 5.25. The highest BCUT2D eigenvalue weighted by molar-refractivity contribution is 5.91. The summed E-state index contributed by atoms with van der Waals surface area (Å²) in [4.78, 5) is 13.4. The number of aromatic hydroxyl groups is 1. The van der Waals surface area contributed by atoms with Crippen LogP contribution in [-0.2, 0) is 4.74 Å². The normalized spacial score (nSPS) is 9.55. The largest absolute Gasteiger partial charge is 0.494 e. The van der Waals surface area contributed by atoms with Gasteiger partial charge in [0, 0.05) is 6.20 Å². The summed E-state index contributed by atoms with van der Waals surface area (Å²) < 4.78 is 4.65. The number of hydrogen-bond acceptors (Lipinski definition) is 3. The third-order valence-electron chi connectivity index (χ3n) is 1.22. The first-order valence-corrected chi connectivity index (χ1v) is 3.29. The van der Waals surface area contributed by atoms with Crippen LogP contribution in [0.25, 0.3) is 0 Å². The van der Waals surface area contributed by atoms with Gasteiger partial charge in [-0.25, -0.2) is 4.79 Å². The maximum atomic E-state index is 10.9. The quantitative estimate of drug-likeness (QED) is 0.623. The number of aromatic amines is 1. The van der Waals surface area contributed by atoms with Gasteiger partial charge in [-0.05, 0) is 13.0 Å². The fraction of sp³-hybridized carbons (Fsp3) is 0.286. The van der Waals surface area contributed by atoms with E-state index in [1.54, 1.807) is 6.92 Å². The minimum Gasteiger partial charge on any atom is -0.494 e. The van der Waals surface area contributed by atoms with Crippen molar-refractivity contribution < 1.29 is 14.6 Å². The van der Waals surface area contributed by atoms with E-state index in [-0.39, 0.29) is 11.4 Å². The molecule has 0 spiro atoms. The van der Waals surface area contributed by atoms with Crippen molar-refractivity contribution in [3.05, 3.63) is 17.8 Å². The highest BCUT2D eigenvalue weighted by Gasteiger charge is 2.11. The highest BCUT2D eigenvalue weighted by Crippen LogP contribution is 2.13. The van der Waals surface area contributed by atoms with Crippen molar-refractivity contribution in [1.82, 2.24) is 4.98 Å². The molecule has 4 heteroatoms. The third-order valence-corrected chi connectivity index (χ3v) is 1.22. The molecule has 1 aromatic rings. The average molecular weight is 155 g/mol. The summed E-state index contributed by atoms with van der Waals surface area (Å²) in [5.41, 5.74) is 0.173. The number of H-pyrrole nitrogens is 1. The lowest BCUT2D eigenvalue weighted by Gasteiger charge is -1.97. The third kappa shape index (κ3) is 1.52. The first-order valence-electron chi connectivity index (χ1n) is 3.29. The molecule has 11 heavy (non-hydrogen) atoms. The van der Waals surface area contributed by atoms with E-state index in [0.29, 0.717) is 6.61 Å². The van der Waals surface area contributed by atoms with Crippen LogP contribution in [0.3, 0.4) is 0 Å². The zero-order chi connectivity index (χ0) is 8.27. The second kappa shape index (κ2) is 3.09. The molecule has 0 amide bonds. The predicted octanol–water partition coefficient (Wildman–Crippen LogP) is 0.897. The minimum absolute atomic E-state index is 0.150. The Morgan fingerprint density at radius 2 is 2.55 bits per heavy atom. The van der Waals surface area contributed by atoms with Gasteiger partial charge in [0.2, 0.25) is 5.88 Å². The number of hydrogen-bond donors (Lipinski definition) is 2. The Hall–Kier alpha value is -1.45. The molecular formula is C7H9NO3. The molecule has 0 radical (unpaired) electrons. The van der Waals surface area contributed by atoms with Crippen LogP contribution in [0.4, 0.5) is 0 Å². The second-order valence-corrected chi connectivity index (χ2v) is 1.96. The molecule has 0 saturated carbocycles. The van der Waals surface area contributed by atoms with E-state index in [0.717, 1.165) is 0 Å². The van der Waals surface area contributed by atoms with Gasteiger partial charge in [-0.1, -0.05) is 0 Å². The Morgan fingerprint density at radius 3 is 3.00 bits per heavy atom. The monoisotopic (exact) mass is 155 g/mol. The van der Waals surface area contributed by atoms with E-state index in [9.17, 15) is 4.79 Å². The van der Waals surface area contributed by atoms with E-state index in [2.05, 4.69) is 9.72 Å². The van der Waals surface area contributed by atoms with Crippen molar-refractivity contribution in [2.45, 2.75) is 6.92 Å². The summed E-state index contributed by atoms with van der Waals surface area (Å²) >= 11 is 0. The summed E-state index contributed by atoms with van der Waals surface area (Å²) in [6.45, 7) is 2.02. The fourth-order valence-corrected chi connectivity index (χ4v) is 0.734. The van der Waals surface area contributed by atoms with Crippen molar-refractivity contribution in [2.24, 2.45) is 0 Å². The molecule has 4 nitrogen and oxygen atoms in total. The summed E-state index contributed by atoms with van der Waals surface area (Å²) in [5.74, 6) is -0.658. The van der Waals surface area contributed by atoms with Crippen molar-refractivity contribution >= 4 is 5.97 Å². The molecule has 1 heterocycles. The van der Waals surface area contributed by atoms with Crippen LogP contribution in [0.2, 0.25) is 0 Å². The van der Waals surface area contributed by atoms with Gasteiger partial charge in [0.15, 0.2) is 0 Å². The Morgan fingerprint density at radius 1 is 1.82 bits per heavy atom. The molecule has 0 aliphatic heterocycles. The summed E-state index contributed by atoms with van der Waals surface area (Å²) in [6.07, 6.45) is 1.47. The summed E-state index contributed by atoms with van der Waals surface area (Å²) in [5, 5.41) is 8.99. The maximum absolute atomic E-state index is 10.9. The standard InChI is InChI=1S/C7H9NO3/c1-2-11-7(10)5-3-4-8-6(5)9/h3-4,8-9H,2H2,1H3. The van der Waals surface area contributed by atoms with Gasteiger partial charge < -0.3 is 14.8 Å². The van der Waals surface area contributed by atoms with Gasteiger partial charge in [-0.15, -0.1) is 0 Å². The maximum Gasteiger partial charge on any atom is 0.343 e. The van der Waals surface area contributed by atoms with Gasteiger partial charge in [0.25, 0.3) is 0 Å². The molecule has 0 fully saturated rings.